The summed E-state index contributed by atoms with van der Waals surface area (Å²) in [6.45, 7) is 1.49. The standard InChI is InChI=1S/C7H14F2O2Si/c1-2-12(8,9)6-4-3-5-7(10)11/h2-6H2,1H3,(H,10,11). The van der Waals surface area contributed by atoms with Crippen molar-refractivity contribution in [3.8, 4) is 0 Å². The molecule has 12 heavy (non-hydrogen) atoms. The van der Waals surface area contributed by atoms with Gasteiger partial charge in [0.15, 0.2) is 0 Å². The van der Waals surface area contributed by atoms with Gasteiger partial charge in [-0.2, -0.15) is 0 Å². The van der Waals surface area contributed by atoms with E-state index in [1.54, 1.807) is 0 Å². The van der Waals surface area contributed by atoms with Crippen LogP contribution in [-0.4, -0.2) is 19.8 Å². The Bertz CT molecular complexity index is 150. The second-order valence-electron chi connectivity index (χ2n) is 2.81. The molecule has 0 heterocycles. The molecule has 1 N–H and O–H groups in total. The third-order valence-corrected chi connectivity index (χ3v) is 3.82. The first-order chi connectivity index (χ1) is 5.48. The van der Waals surface area contributed by atoms with Gasteiger partial charge in [0.05, 0.1) is 0 Å². The van der Waals surface area contributed by atoms with Gasteiger partial charge in [0.1, 0.15) is 0 Å². The Morgan fingerprint density at radius 1 is 1.42 bits per heavy atom. The highest BCUT2D eigenvalue weighted by atomic mass is 28.4. The summed E-state index contributed by atoms with van der Waals surface area (Å²) >= 11 is 0. The van der Waals surface area contributed by atoms with Crippen LogP contribution in [0.3, 0.4) is 0 Å². The quantitative estimate of drug-likeness (QED) is 0.403. The van der Waals surface area contributed by atoms with Crippen LogP contribution in [0, 0.1) is 0 Å². The average Bonchev–Trinajstić information content (AvgIpc) is 1.98. The summed E-state index contributed by atoms with van der Waals surface area (Å²) in [6, 6.07) is -0.0865. The molecule has 2 nitrogen and oxygen atoms in total. The van der Waals surface area contributed by atoms with Gasteiger partial charge < -0.3 is 5.11 Å². The summed E-state index contributed by atoms with van der Waals surface area (Å²) in [7, 11) is -3.94. The van der Waals surface area contributed by atoms with Crippen molar-refractivity contribution in [2.24, 2.45) is 0 Å². The van der Waals surface area contributed by atoms with Gasteiger partial charge in [-0.3, -0.25) is 13.0 Å². The predicted octanol–water partition coefficient (Wildman–Crippen LogP) is 2.64. The highest BCUT2D eigenvalue weighted by molar-refractivity contribution is 6.65. The summed E-state index contributed by atoms with van der Waals surface area (Å²) in [5.74, 6) is -0.906. The molecule has 0 amide bonds. The Hall–Kier alpha value is -0.453. The van der Waals surface area contributed by atoms with Gasteiger partial charge >= 0.3 is 14.7 Å². The molecule has 0 saturated heterocycles. The monoisotopic (exact) mass is 196 g/mol. The Kier molecular flexibility index (Phi) is 5.04. The van der Waals surface area contributed by atoms with Crippen molar-refractivity contribution >= 4 is 14.7 Å². The molecule has 0 aliphatic heterocycles. The summed E-state index contributed by atoms with van der Waals surface area (Å²) in [4.78, 5) is 10.0. The number of halogens is 2. The Morgan fingerprint density at radius 3 is 2.42 bits per heavy atom. The zero-order valence-electron chi connectivity index (χ0n) is 7.15. The van der Waals surface area contributed by atoms with Crippen LogP contribution in [-0.2, 0) is 4.79 Å². The van der Waals surface area contributed by atoms with E-state index in [2.05, 4.69) is 0 Å². The van der Waals surface area contributed by atoms with E-state index >= 15 is 0 Å². The minimum Gasteiger partial charge on any atom is -0.481 e. The van der Waals surface area contributed by atoms with Crippen LogP contribution in [0.4, 0.5) is 8.22 Å². The van der Waals surface area contributed by atoms with Crippen molar-refractivity contribution in [2.45, 2.75) is 38.3 Å². The van der Waals surface area contributed by atoms with Crippen LogP contribution in [0.2, 0.25) is 12.1 Å². The number of hydrogen-bond acceptors (Lipinski definition) is 1. The summed E-state index contributed by atoms with van der Waals surface area (Å²) in [5.41, 5.74) is 0. The average molecular weight is 196 g/mol. The van der Waals surface area contributed by atoms with Gasteiger partial charge in [0, 0.05) is 6.42 Å². The number of hydrogen-bond donors (Lipinski definition) is 1. The Labute approximate surface area is 71.9 Å². The van der Waals surface area contributed by atoms with Gasteiger partial charge in [-0.05, 0) is 18.5 Å². The van der Waals surface area contributed by atoms with E-state index in [-0.39, 0.29) is 18.5 Å². The van der Waals surface area contributed by atoms with E-state index in [4.69, 9.17) is 5.11 Å². The third-order valence-electron chi connectivity index (χ3n) is 1.70. The van der Waals surface area contributed by atoms with Crippen LogP contribution in [0.25, 0.3) is 0 Å². The summed E-state index contributed by atoms with van der Waals surface area (Å²) in [5, 5.41) is 8.22. The number of aliphatic carboxylic acids is 1. The van der Waals surface area contributed by atoms with Crippen LogP contribution < -0.4 is 0 Å². The maximum absolute atomic E-state index is 12.7. The van der Waals surface area contributed by atoms with E-state index in [1.165, 1.54) is 6.92 Å². The van der Waals surface area contributed by atoms with Gasteiger partial charge in [0.25, 0.3) is 0 Å². The molecule has 0 spiro atoms. The molecule has 0 aliphatic rings. The number of carboxylic acids is 1. The smallest absolute Gasteiger partial charge is 0.424 e. The molecule has 0 atom stereocenters. The molecular formula is C7H14F2O2Si. The van der Waals surface area contributed by atoms with E-state index in [0.29, 0.717) is 12.8 Å². The summed E-state index contributed by atoms with van der Waals surface area (Å²) < 4.78 is 25.3. The molecule has 0 radical (unpaired) electrons. The number of carboxylic acid groups (broad SMARTS) is 1. The topological polar surface area (TPSA) is 37.3 Å². The van der Waals surface area contributed by atoms with E-state index in [1.807, 2.05) is 0 Å². The van der Waals surface area contributed by atoms with Crippen LogP contribution >= 0.6 is 0 Å². The van der Waals surface area contributed by atoms with Crippen LogP contribution in [0.5, 0.6) is 0 Å². The maximum atomic E-state index is 12.7. The van der Waals surface area contributed by atoms with Gasteiger partial charge in [0.2, 0.25) is 0 Å². The molecule has 0 saturated carbocycles. The van der Waals surface area contributed by atoms with E-state index < -0.39 is 14.7 Å². The minimum absolute atomic E-state index is 0.00813. The van der Waals surface area contributed by atoms with Gasteiger partial charge in [-0.15, -0.1) is 0 Å². The molecule has 0 bridgehead atoms. The zero-order chi connectivity index (χ0) is 9.61. The minimum atomic E-state index is -3.94. The lowest BCUT2D eigenvalue weighted by atomic mass is 10.2. The first-order valence-electron chi connectivity index (χ1n) is 4.07. The molecule has 0 unspecified atom stereocenters. The van der Waals surface area contributed by atoms with Crippen molar-refractivity contribution in [1.82, 2.24) is 0 Å². The van der Waals surface area contributed by atoms with Gasteiger partial charge in [-0.1, -0.05) is 13.3 Å². The predicted molar refractivity (Wildman–Crippen MR) is 44.7 cm³/mol. The SMILES string of the molecule is CC[Si](F)(F)CCCCC(=O)O. The third kappa shape index (κ3) is 6.27. The van der Waals surface area contributed by atoms with Crippen molar-refractivity contribution in [3.63, 3.8) is 0 Å². The normalized spacial score (nSPS) is 11.6. The lowest BCUT2D eigenvalue weighted by Crippen LogP contribution is -2.19. The zero-order valence-corrected chi connectivity index (χ0v) is 8.15. The fraction of sp³-hybridized carbons (Fsp3) is 0.857. The first kappa shape index (κ1) is 11.5. The highest BCUT2D eigenvalue weighted by Gasteiger charge is 2.31. The fourth-order valence-corrected chi connectivity index (χ4v) is 1.96. The lowest BCUT2D eigenvalue weighted by molar-refractivity contribution is -0.137. The molecule has 0 aromatic heterocycles. The fourth-order valence-electron chi connectivity index (χ4n) is 0.837. The molecule has 0 rings (SSSR count). The van der Waals surface area contributed by atoms with Gasteiger partial charge in [-0.25, -0.2) is 0 Å². The molecule has 5 heteroatoms. The molecule has 0 aromatic rings. The molecule has 0 aromatic carbocycles. The second-order valence-corrected chi connectivity index (χ2v) is 5.73. The Morgan fingerprint density at radius 2 is 2.00 bits per heavy atom. The van der Waals surface area contributed by atoms with Crippen LogP contribution in [0.15, 0.2) is 0 Å². The van der Waals surface area contributed by atoms with Crippen molar-refractivity contribution in [1.29, 1.82) is 0 Å². The lowest BCUT2D eigenvalue weighted by Gasteiger charge is -2.08. The number of rotatable bonds is 6. The highest BCUT2D eigenvalue weighted by Crippen LogP contribution is 2.21. The van der Waals surface area contributed by atoms with Crippen molar-refractivity contribution in [3.05, 3.63) is 0 Å². The summed E-state index contributed by atoms with van der Waals surface area (Å²) in [6.07, 6.45) is 0.728. The maximum Gasteiger partial charge on any atom is 0.424 e. The molecule has 72 valence electrons. The van der Waals surface area contributed by atoms with Crippen LogP contribution in [0.1, 0.15) is 26.2 Å². The molecule has 0 aliphatic carbocycles. The van der Waals surface area contributed by atoms with Crippen molar-refractivity contribution in [2.75, 3.05) is 0 Å². The molecule has 0 fully saturated rings. The van der Waals surface area contributed by atoms with E-state index in [9.17, 15) is 13.0 Å². The Balaban J connectivity index is 3.37. The van der Waals surface area contributed by atoms with Crippen molar-refractivity contribution < 1.29 is 18.1 Å². The molecular weight excluding hydrogens is 182 g/mol. The largest absolute Gasteiger partial charge is 0.481 e. The second kappa shape index (κ2) is 5.24. The number of unbranched alkanes of at least 4 members (excludes halogenated alkanes) is 1. The first-order valence-corrected chi connectivity index (χ1v) is 6.24. The van der Waals surface area contributed by atoms with E-state index in [0.717, 1.165) is 0 Å². The number of carbonyl (C=O) groups is 1.